The first kappa shape index (κ1) is 16.5. The summed E-state index contributed by atoms with van der Waals surface area (Å²) in [6.45, 7) is 7.79. The number of carbonyl (C=O) groups is 1. The Morgan fingerprint density at radius 2 is 2.15 bits per heavy atom. The summed E-state index contributed by atoms with van der Waals surface area (Å²) in [6.07, 6.45) is 0. The summed E-state index contributed by atoms with van der Waals surface area (Å²) in [5, 5.41) is 11.1. The standard InChI is InChI=1S/C14H24N4OS/c1-5-16-13(17-9-11-7-6-8-20-11)18-10-14(2,3)12(19)15-4/h6-8H,5,9-10H2,1-4H3,(H,15,19)(H2,16,17,18). The minimum atomic E-state index is -0.478. The van der Waals surface area contributed by atoms with Crippen LogP contribution in [0, 0.1) is 5.41 Å². The highest BCUT2D eigenvalue weighted by Gasteiger charge is 2.26. The van der Waals surface area contributed by atoms with Gasteiger partial charge in [-0.2, -0.15) is 0 Å². The lowest BCUT2D eigenvalue weighted by molar-refractivity contribution is -0.128. The van der Waals surface area contributed by atoms with Crippen LogP contribution in [0.3, 0.4) is 0 Å². The summed E-state index contributed by atoms with van der Waals surface area (Å²) < 4.78 is 0. The number of amides is 1. The molecule has 0 spiro atoms. The van der Waals surface area contributed by atoms with E-state index < -0.39 is 5.41 Å². The summed E-state index contributed by atoms with van der Waals surface area (Å²) in [5.74, 6) is 0.747. The van der Waals surface area contributed by atoms with E-state index >= 15 is 0 Å². The number of nitrogens with zero attached hydrogens (tertiary/aromatic N) is 1. The highest BCUT2D eigenvalue weighted by atomic mass is 32.1. The van der Waals surface area contributed by atoms with Gasteiger partial charge >= 0.3 is 0 Å². The summed E-state index contributed by atoms with van der Waals surface area (Å²) in [7, 11) is 1.65. The van der Waals surface area contributed by atoms with E-state index in [4.69, 9.17) is 0 Å². The largest absolute Gasteiger partial charge is 0.359 e. The van der Waals surface area contributed by atoms with E-state index in [1.165, 1.54) is 4.88 Å². The molecule has 112 valence electrons. The van der Waals surface area contributed by atoms with Gasteiger partial charge in [-0.25, -0.2) is 4.99 Å². The minimum Gasteiger partial charge on any atom is -0.359 e. The topological polar surface area (TPSA) is 65.5 Å². The lowest BCUT2D eigenvalue weighted by Crippen LogP contribution is -2.47. The number of rotatable bonds is 6. The van der Waals surface area contributed by atoms with Crippen LogP contribution in [-0.4, -0.2) is 32.0 Å². The molecule has 1 rings (SSSR count). The van der Waals surface area contributed by atoms with Crippen molar-refractivity contribution >= 4 is 23.2 Å². The van der Waals surface area contributed by atoms with Crippen molar-refractivity contribution < 1.29 is 4.79 Å². The molecular formula is C14H24N4OS. The van der Waals surface area contributed by atoms with E-state index in [2.05, 4.69) is 27.0 Å². The predicted molar refractivity (Wildman–Crippen MR) is 85.0 cm³/mol. The first-order chi connectivity index (χ1) is 9.49. The molecule has 0 aliphatic rings. The Balaban J connectivity index is 2.58. The van der Waals surface area contributed by atoms with Gasteiger partial charge in [-0.15, -0.1) is 11.3 Å². The Bertz CT molecular complexity index is 440. The molecule has 1 amide bonds. The van der Waals surface area contributed by atoms with Crippen molar-refractivity contribution in [1.29, 1.82) is 0 Å². The molecule has 0 saturated carbocycles. The van der Waals surface area contributed by atoms with Gasteiger partial charge in [0.15, 0.2) is 5.96 Å². The first-order valence-corrected chi connectivity index (χ1v) is 7.64. The number of hydrogen-bond donors (Lipinski definition) is 3. The maximum absolute atomic E-state index is 11.7. The summed E-state index contributed by atoms with van der Waals surface area (Å²) in [4.78, 5) is 17.5. The van der Waals surface area contributed by atoms with Crippen LogP contribution in [-0.2, 0) is 11.3 Å². The minimum absolute atomic E-state index is 0.0131. The zero-order valence-corrected chi connectivity index (χ0v) is 13.4. The molecule has 0 radical (unpaired) electrons. The van der Waals surface area contributed by atoms with Crippen molar-refractivity contribution in [2.45, 2.75) is 27.3 Å². The zero-order chi connectivity index (χ0) is 15.0. The fourth-order valence-electron chi connectivity index (χ4n) is 1.62. The van der Waals surface area contributed by atoms with E-state index in [0.29, 0.717) is 13.1 Å². The third kappa shape index (κ3) is 5.21. The van der Waals surface area contributed by atoms with Gasteiger partial charge in [0.25, 0.3) is 0 Å². The first-order valence-electron chi connectivity index (χ1n) is 6.76. The number of hydrogen-bond acceptors (Lipinski definition) is 3. The van der Waals surface area contributed by atoms with Crippen LogP contribution in [0.25, 0.3) is 0 Å². The van der Waals surface area contributed by atoms with Gasteiger partial charge in [-0.05, 0) is 32.2 Å². The van der Waals surface area contributed by atoms with E-state index in [-0.39, 0.29) is 5.91 Å². The molecule has 0 unspecified atom stereocenters. The third-order valence-corrected chi connectivity index (χ3v) is 3.72. The van der Waals surface area contributed by atoms with Gasteiger partial charge < -0.3 is 16.0 Å². The average molecular weight is 296 g/mol. The molecule has 1 heterocycles. The lowest BCUT2D eigenvalue weighted by atomic mass is 9.92. The maximum Gasteiger partial charge on any atom is 0.227 e. The summed E-state index contributed by atoms with van der Waals surface area (Å²) >= 11 is 1.69. The maximum atomic E-state index is 11.7. The molecule has 0 fully saturated rings. The highest BCUT2D eigenvalue weighted by Crippen LogP contribution is 2.13. The van der Waals surface area contributed by atoms with Crippen LogP contribution in [0.5, 0.6) is 0 Å². The molecule has 3 N–H and O–H groups in total. The highest BCUT2D eigenvalue weighted by molar-refractivity contribution is 7.09. The Labute approximate surface area is 124 Å². The molecule has 1 aromatic heterocycles. The Hall–Kier alpha value is -1.56. The Morgan fingerprint density at radius 3 is 2.70 bits per heavy atom. The van der Waals surface area contributed by atoms with Gasteiger partial charge in [0.1, 0.15) is 0 Å². The average Bonchev–Trinajstić information content (AvgIpc) is 2.94. The van der Waals surface area contributed by atoms with Crippen LogP contribution in [0.4, 0.5) is 0 Å². The third-order valence-electron chi connectivity index (χ3n) is 2.86. The molecule has 1 aromatic rings. The van der Waals surface area contributed by atoms with Crippen molar-refractivity contribution in [3.8, 4) is 0 Å². The smallest absolute Gasteiger partial charge is 0.227 e. The zero-order valence-electron chi connectivity index (χ0n) is 12.6. The quantitative estimate of drug-likeness (QED) is 0.551. The van der Waals surface area contributed by atoms with Gasteiger partial charge in [-0.1, -0.05) is 6.07 Å². The molecule has 5 nitrogen and oxygen atoms in total. The molecule has 0 aliphatic carbocycles. The van der Waals surface area contributed by atoms with Crippen LogP contribution in [0.2, 0.25) is 0 Å². The normalized spacial score (nSPS) is 12.1. The second kappa shape index (κ2) is 7.89. The fraction of sp³-hybridized carbons (Fsp3) is 0.571. The van der Waals surface area contributed by atoms with E-state index in [1.807, 2.05) is 32.2 Å². The molecule has 0 saturated heterocycles. The second-order valence-corrected chi connectivity index (χ2v) is 6.12. The van der Waals surface area contributed by atoms with E-state index in [0.717, 1.165) is 12.5 Å². The monoisotopic (exact) mass is 296 g/mol. The number of thiophene rings is 1. The van der Waals surface area contributed by atoms with Crippen molar-refractivity contribution in [2.75, 3.05) is 20.1 Å². The second-order valence-electron chi connectivity index (χ2n) is 5.09. The SMILES string of the molecule is CCNC(=NCc1cccs1)NCC(C)(C)C(=O)NC. The predicted octanol–water partition coefficient (Wildman–Crippen LogP) is 1.58. The van der Waals surface area contributed by atoms with Crippen LogP contribution >= 0.6 is 11.3 Å². The molecule has 0 aliphatic heterocycles. The van der Waals surface area contributed by atoms with Crippen LogP contribution in [0.1, 0.15) is 25.6 Å². The van der Waals surface area contributed by atoms with Crippen LogP contribution in [0.15, 0.2) is 22.5 Å². The number of aliphatic imine (C=N–C) groups is 1. The van der Waals surface area contributed by atoms with Crippen molar-refractivity contribution in [3.63, 3.8) is 0 Å². The Kier molecular flexibility index (Phi) is 6.51. The van der Waals surface area contributed by atoms with Gasteiger partial charge in [0.05, 0.1) is 12.0 Å². The summed E-state index contributed by atoms with van der Waals surface area (Å²) in [5.41, 5.74) is -0.478. The molecule has 0 atom stereocenters. The Morgan fingerprint density at radius 1 is 1.40 bits per heavy atom. The number of carbonyl (C=O) groups excluding carboxylic acids is 1. The number of nitrogens with one attached hydrogen (secondary N) is 3. The van der Waals surface area contributed by atoms with Gasteiger partial charge in [-0.3, -0.25) is 4.79 Å². The van der Waals surface area contributed by atoms with Gasteiger partial charge in [0.2, 0.25) is 5.91 Å². The van der Waals surface area contributed by atoms with Crippen molar-refractivity contribution in [1.82, 2.24) is 16.0 Å². The molecule has 6 heteroatoms. The number of guanidine groups is 1. The van der Waals surface area contributed by atoms with E-state index in [1.54, 1.807) is 18.4 Å². The van der Waals surface area contributed by atoms with Gasteiger partial charge in [0, 0.05) is 25.0 Å². The molecule has 0 bridgehead atoms. The fourth-order valence-corrected chi connectivity index (χ4v) is 2.25. The lowest BCUT2D eigenvalue weighted by Gasteiger charge is -2.24. The van der Waals surface area contributed by atoms with Crippen molar-refractivity contribution in [3.05, 3.63) is 22.4 Å². The van der Waals surface area contributed by atoms with Crippen molar-refractivity contribution in [2.24, 2.45) is 10.4 Å². The molecule has 20 heavy (non-hydrogen) atoms. The molecule has 0 aromatic carbocycles. The van der Waals surface area contributed by atoms with Crippen LogP contribution < -0.4 is 16.0 Å². The van der Waals surface area contributed by atoms with E-state index in [9.17, 15) is 4.79 Å². The molecular weight excluding hydrogens is 272 g/mol. The summed E-state index contributed by atoms with van der Waals surface area (Å²) in [6, 6.07) is 4.08.